The number of halogens is 1. The molecule has 1 heterocycles. The molecule has 0 unspecified atom stereocenters. The van der Waals surface area contributed by atoms with E-state index in [4.69, 9.17) is 5.11 Å². The zero-order valence-corrected chi connectivity index (χ0v) is 12.3. The summed E-state index contributed by atoms with van der Waals surface area (Å²) >= 11 is 0. The van der Waals surface area contributed by atoms with Gasteiger partial charge in [-0.25, -0.2) is 4.39 Å². The second-order valence-corrected chi connectivity index (χ2v) is 5.13. The van der Waals surface area contributed by atoms with Crippen molar-refractivity contribution in [3.63, 3.8) is 0 Å². The van der Waals surface area contributed by atoms with Gasteiger partial charge in [-0.2, -0.15) is 0 Å². The lowest BCUT2D eigenvalue weighted by molar-refractivity contribution is -0.147. The topological polar surface area (TPSA) is 72.9 Å². The first kappa shape index (κ1) is 16.4. The fraction of sp³-hybridized carbons (Fsp3) is 0.467. The number of β-amino-alcohol motifs (C(OH)–C–C–N with tert-alkyl or cyclic N) is 1. The summed E-state index contributed by atoms with van der Waals surface area (Å²) in [6.07, 6.45) is 0. The number of nitrogens with zero attached hydrogens (tertiary/aromatic N) is 2. The molecular weight excluding hydrogens is 289 g/mol. The third-order valence-corrected chi connectivity index (χ3v) is 3.67. The van der Waals surface area contributed by atoms with Gasteiger partial charge in [-0.1, -0.05) is 18.2 Å². The normalized spacial score (nSPS) is 15.6. The van der Waals surface area contributed by atoms with Crippen molar-refractivity contribution in [1.29, 1.82) is 0 Å². The summed E-state index contributed by atoms with van der Waals surface area (Å²) in [4.78, 5) is 27.4. The molecule has 2 rings (SSSR count). The summed E-state index contributed by atoms with van der Waals surface area (Å²) in [5.74, 6) is -1.73. The number of piperazine rings is 1. The van der Waals surface area contributed by atoms with E-state index in [1.807, 2.05) is 4.90 Å². The minimum absolute atomic E-state index is 0.0122. The van der Waals surface area contributed by atoms with E-state index in [-0.39, 0.29) is 13.2 Å². The quantitative estimate of drug-likeness (QED) is 0.741. The Labute approximate surface area is 128 Å². The van der Waals surface area contributed by atoms with Crippen molar-refractivity contribution in [3.8, 4) is 0 Å². The molecule has 1 aliphatic heterocycles. The first-order chi connectivity index (χ1) is 10.6. The van der Waals surface area contributed by atoms with Crippen molar-refractivity contribution in [2.75, 3.05) is 39.3 Å². The van der Waals surface area contributed by atoms with Crippen LogP contribution in [0.5, 0.6) is 0 Å². The number of aliphatic hydroxyl groups excluding tert-OH is 1. The fourth-order valence-electron chi connectivity index (χ4n) is 2.35. The predicted octanol–water partition coefficient (Wildman–Crippen LogP) is -0.422. The monoisotopic (exact) mass is 309 g/mol. The standard InChI is InChI=1S/C15H20FN3O3/c16-13-4-2-1-3-12(13)11-17-14(21)15(22)19-7-5-18(6-8-19)9-10-20/h1-4,20H,5-11H2,(H,17,21). The number of carbonyl (C=O) groups is 2. The van der Waals surface area contributed by atoms with Crippen molar-refractivity contribution in [1.82, 2.24) is 15.1 Å². The van der Waals surface area contributed by atoms with Crippen LogP contribution in [0.15, 0.2) is 24.3 Å². The number of nitrogens with one attached hydrogen (secondary N) is 1. The Morgan fingerprint density at radius 3 is 2.50 bits per heavy atom. The lowest BCUT2D eigenvalue weighted by atomic mass is 10.2. The van der Waals surface area contributed by atoms with E-state index in [1.165, 1.54) is 11.0 Å². The summed E-state index contributed by atoms with van der Waals surface area (Å²) in [5.41, 5.74) is 0.344. The van der Waals surface area contributed by atoms with Crippen molar-refractivity contribution in [3.05, 3.63) is 35.6 Å². The summed E-state index contributed by atoms with van der Waals surface area (Å²) in [7, 11) is 0. The van der Waals surface area contributed by atoms with Crippen molar-refractivity contribution in [2.45, 2.75) is 6.54 Å². The molecule has 1 aromatic carbocycles. The maximum absolute atomic E-state index is 13.4. The van der Waals surface area contributed by atoms with Crippen LogP contribution >= 0.6 is 0 Å². The van der Waals surface area contributed by atoms with Gasteiger partial charge in [0.2, 0.25) is 0 Å². The van der Waals surface area contributed by atoms with Crippen LogP contribution in [0.25, 0.3) is 0 Å². The first-order valence-electron chi connectivity index (χ1n) is 7.25. The highest BCUT2D eigenvalue weighted by molar-refractivity contribution is 6.34. The van der Waals surface area contributed by atoms with Crippen LogP contribution in [0.3, 0.4) is 0 Å². The Morgan fingerprint density at radius 1 is 1.18 bits per heavy atom. The van der Waals surface area contributed by atoms with Crippen LogP contribution in [0.4, 0.5) is 4.39 Å². The number of hydrogen-bond donors (Lipinski definition) is 2. The molecule has 2 N–H and O–H groups in total. The smallest absolute Gasteiger partial charge is 0.311 e. The molecule has 1 aliphatic rings. The van der Waals surface area contributed by atoms with Gasteiger partial charge in [-0.3, -0.25) is 14.5 Å². The highest BCUT2D eigenvalue weighted by Gasteiger charge is 2.25. The minimum Gasteiger partial charge on any atom is -0.395 e. The largest absolute Gasteiger partial charge is 0.395 e. The Bertz CT molecular complexity index is 531. The molecule has 2 amide bonds. The maximum atomic E-state index is 13.4. The predicted molar refractivity (Wildman–Crippen MR) is 78.4 cm³/mol. The van der Waals surface area contributed by atoms with Gasteiger partial charge in [0.1, 0.15) is 5.82 Å². The van der Waals surface area contributed by atoms with Gasteiger partial charge in [-0.15, -0.1) is 0 Å². The molecule has 7 heteroatoms. The van der Waals surface area contributed by atoms with Gasteiger partial charge in [0, 0.05) is 44.8 Å². The van der Waals surface area contributed by atoms with Crippen LogP contribution in [0.1, 0.15) is 5.56 Å². The molecule has 0 aromatic heterocycles. The third kappa shape index (κ3) is 4.25. The van der Waals surface area contributed by atoms with Crippen LogP contribution in [-0.4, -0.2) is 66.1 Å². The molecule has 0 atom stereocenters. The lowest BCUT2D eigenvalue weighted by Crippen LogP contribution is -2.52. The highest BCUT2D eigenvalue weighted by Crippen LogP contribution is 2.06. The van der Waals surface area contributed by atoms with Crippen LogP contribution in [0, 0.1) is 5.82 Å². The zero-order valence-electron chi connectivity index (χ0n) is 12.3. The highest BCUT2D eigenvalue weighted by atomic mass is 19.1. The summed E-state index contributed by atoms with van der Waals surface area (Å²) in [6.45, 7) is 2.80. The molecule has 1 saturated heterocycles. The molecule has 6 nitrogen and oxygen atoms in total. The van der Waals surface area contributed by atoms with Crippen molar-refractivity contribution in [2.24, 2.45) is 0 Å². The van der Waals surface area contributed by atoms with Gasteiger partial charge in [0.05, 0.1) is 6.61 Å². The molecule has 0 radical (unpaired) electrons. The summed E-state index contributed by atoms with van der Waals surface area (Å²) in [5, 5.41) is 11.3. The van der Waals surface area contributed by atoms with Gasteiger partial charge < -0.3 is 15.3 Å². The van der Waals surface area contributed by atoms with E-state index < -0.39 is 17.6 Å². The van der Waals surface area contributed by atoms with E-state index in [9.17, 15) is 14.0 Å². The van der Waals surface area contributed by atoms with Crippen LogP contribution in [0.2, 0.25) is 0 Å². The number of benzene rings is 1. The fourth-order valence-corrected chi connectivity index (χ4v) is 2.35. The molecule has 1 aromatic rings. The molecule has 0 aliphatic carbocycles. The molecule has 0 saturated carbocycles. The van der Waals surface area contributed by atoms with Gasteiger partial charge >= 0.3 is 11.8 Å². The second kappa shape index (κ2) is 7.86. The second-order valence-electron chi connectivity index (χ2n) is 5.13. The SMILES string of the molecule is O=C(NCc1ccccc1F)C(=O)N1CCN(CCO)CC1. The zero-order chi connectivity index (χ0) is 15.9. The number of carbonyl (C=O) groups excluding carboxylic acids is 2. The average Bonchev–Trinajstić information content (AvgIpc) is 2.54. The van der Waals surface area contributed by atoms with E-state index in [2.05, 4.69) is 5.32 Å². The number of amides is 2. The van der Waals surface area contributed by atoms with E-state index in [0.717, 1.165) is 0 Å². The number of hydrogen-bond acceptors (Lipinski definition) is 4. The molecule has 0 bridgehead atoms. The number of aliphatic hydroxyl groups is 1. The molecule has 120 valence electrons. The van der Waals surface area contributed by atoms with E-state index >= 15 is 0 Å². The van der Waals surface area contributed by atoms with Crippen LogP contribution < -0.4 is 5.32 Å². The average molecular weight is 309 g/mol. The molecule has 1 fully saturated rings. The third-order valence-electron chi connectivity index (χ3n) is 3.67. The van der Waals surface area contributed by atoms with Crippen molar-refractivity contribution < 1.29 is 19.1 Å². The maximum Gasteiger partial charge on any atom is 0.311 e. The molecule has 22 heavy (non-hydrogen) atoms. The van der Waals surface area contributed by atoms with E-state index in [0.29, 0.717) is 38.3 Å². The first-order valence-corrected chi connectivity index (χ1v) is 7.25. The lowest BCUT2D eigenvalue weighted by Gasteiger charge is -2.33. The van der Waals surface area contributed by atoms with Crippen LogP contribution in [-0.2, 0) is 16.1 Å². The van der Waals surface area contributed by atoms with Gasteiger partial charge in [0.15, 0.2) is 0 Å². The summed E-state index contributed by atoms with van der Waals surface area (Å²) in [6, 6.07) is 6.11. The Kier molecular flexibility index (Phi) is 5.85. The van der Waals surface area contributed by atoms with E-state index in [1.54, 1.807) is 18.2 Å². The van der Waals surface area contributed by atoms with Crippen molar-refractivity contribution >= 4 is 11.8 Å². The molecule has 0 spiro atoms. The Balaban J connectivity index is 1.80. The number of rotatable bonds is 4. The Hall–Kier alpha value is -1.99. The van der Waals surface area contributed by atoms with Gasteiger partial charge in [-0.05, 0) is 6.07 Å². The Morgan fingerprint density at radius 2 is 1.86 bits per heavy atom. The minimum atomic E-state index is -0.723. The molecular formula is C15H20FN3O3. The summed E-state index contributed by atoms with van der Waals surface area (Å²) < 4.78 is 13.4. The van der Waals surface area contributed by atoms with Gasteiger partial charge in [0.25, 0.3) is 0 Å².